The molecule has 0 atom stereocenters. The van der Waals surface area contributed by atoms with Gasteiger partial charge in [-0.25, -0.2) is 13.1 Å². The molecular formula is C18H28N2O3S. The number of likely N-dealkylation sites (tertiary alicyclic amines) is 1. The van der Waals surface area contributed by atoms with Crippen LogP contribution in [0.25, 0.3) is 0 Å². The molecular weight excluding hydrogens is 324 g/mol. The molecule has 1 aliphatic heterocycles. The van der Waals surface area contributed by atoms with E-state index in [0.29, 0.717) is 19.4 Å². The predicted molar refractivity (Wildman–Crippen MR) is 95.2 cm³/mol. The van der Waals surface area contributed by atoms with Crippen molar-refractivity contribution in [2.45, 2.75) is 50.8 Å². The second kappa shape index (κ2) is 8.62. The summed E-state index contributed by atoms with van der Waals surface area (Å²) in [7, 11) is -3.45. The van der Waals surface area contributed by atoms with E-state index in [1.54, 1.807) is 24.3 Å². The van der Waals surface area contributed by atoms with Crippen molar-refractivity contribution in [3.8, 4) is 0 Å². The maximum absolute atomic E-state index is 12.2. The lowest BCUT2D eigenvalue weighted by atomic mass is 10.1. The summed E-state index contributed by atoms with van der Waals surface area (Å²) in [5, 5.41) is 0. The van der Waals surface area contributed by atoms with Crippen molar-refractivity contribution in [1.29, 1.82) is 0 Å². The van der Waals surface area contributed by atoms with E-state index in [0.717, 1.165) is 31.5 Å². The fourth-order valence-electron chi connectivity index (χ4n) is 2.75. The van der Waals surface area contributed by atoms with Crippen LogP contribution < -0.4 is 4.72 Å². The minimum Gasteiger partial charge on any atom is -0.343 e. The highest BCUT2D eigenvalue weighted by atomic mass is 32.2. The Hall–Kier alpha value is -1.40. The fraction of sp³-hybridized carbons (Fsp3) is 0.611. The topological polar surface area (TPSA) is 66.5 Å². The lowest BCUT2D eigenvalue weighted by molar-refractivity contribution is -0.132. The Bertz CT molecular complexity index is 633. The van der Waals surface area contributed by atoms with Gasteiger partial charge in [-0.3, -0.25) is 4.79 Å². The summed E-state index contributed by atoms with van der Waals surface area (Å²) in [6.07, 6.45) is 4.54. The first kappa shape index (κ1) is 18.9. The molecule has 1 fully saturated rings. The average Bonchev–Trinajstić information content (AvgIpc) is 2.59. The quantitative estimate of drug-likeness (QED) is 0.820. The molecule has 2 rings (SSSR count). The van der Waals surface area contributed by atoms with Gasteiger partial charge in [-0.1, -0.05) is 26.0 Å². The summed E-state index contributed by atoms with van der Waals surface area (Å²) in [6, 6.07) is 6.83. The monoisotopic (exact) mass is 352 g/mol. The number of hydrogen-bond donors (Lipinski definition) is 1. The molecule has 0 spiro atoms. The molecule has 0 aromatic heterocycles. The minimum atomic E-state index is -3.45. The molecule has 1 aromatic carbocycles. The lowest BCUT2D eigenvalue weighted by Gasteiger charge is -2.26. The first-order chi connectivity index (χ1) is 11.4. The summed E-state index contributed by atoms with van der Waals surface area (Å²) >= 11 is 0. The Kier molecular flexibility index (Phi) is 6.80. The number of benzene rings is 1. The number of nitrogens with zero attached hydrogens (tertiary/aromatic N) is 1. The molecule has 24 heavy (non-hydrogen) atoms. The fourth-order valence-corrected chi connectivity index (χ4v) is 3.96. The van der Waals surface area contributed by atoms with Crippen molar-refractivity contribution < 1.29 is 13.2 Å². The number of aryl methyl sites for hydroxylation is 1. The van der Waals surface area contributed by atoms with Crippen molar-refractivity contribution in [3.63, 3.8) is 0 Å². The van der Waals surface area contributed by atoms with Gasteiger partial charge in [0.2, 0.25) is 15.9 Å². The SMILES string of the molecule is CC(C)CNS(=O)(=O)c1ccc(CCC(=O)N2CCCCC2)cc1. The molecule has 1 aromatic rings. The third kappa shape index (κ3) is 5.60. The van der Waals surface area contributed by atoms with Gasteiger partial charge in [0, 0.05) is 26.1 Å². The van der Waals surface area contributed by atoms with E-state index in [-0.39, 0.29) is 16.7 Å². The Morgan fingerprint density at radius 1 is 1.12 bits per heavy atom. The van der Waals surface area contributed by atoms with E-state index in [1.165, 1.54) is 6.42 Å². The van der Waals surface area contributed by atoms with Gasteiger partial charge in [0.05, 0.1) is 4.90 Å². The molecule has 1 saturated heterocycles. The van der Waals surface area contributed by atoms with Crippen molar-refractivity contribution in [1.82, 2.24) is 9.62 Å². The van der Waals surface area contributed by atoms with Crippen LogP contribution in [0.1, 0.15) is 45.1 Å². The second-order valence-corrected chi connectivity index (χ2v) is 8.60. The van der Waals surface area contributed by atoms with Gasteiger partial charge in [-0.2, -0.15) is 0 Å². The van der Waals surface area contributed by atoms with Crippen LogP contribution in [0.4, 0.5) is 0 Å². The normalized spacial score (nSPS) is 15.7. The zero-order valence-electron chi connectivity index (χ0n) is 14.6. The van der Waals surface area contributed by atoms with E-state index in [4.69, 9.17) is 0 Å². The van der Waals surface area contributed by atoms with Crippen LogP contribution in [0.3, 0.4) is 0 Å². The molecule has 0 saturated carbocycles. The van der Waals surface area contributed by atoms with Crippen molar-refractivity contribution in [2.75, 3.05) is 19.6 Å². The first-order valence-electron chi connectivity index (χ1n) is 8.75. The zero-order valence-corrected chi connectivity index (χ0v) is 15.4. The molecule has 134 valence electrons. The number of carbonyl (C=O) groups is 1. The number of rotatable bonds is 7. The van der Waals surface area contributed by atoms with Gasteiger partial charge in [0.25, 0.3) is 0 Å². The number of carbonyl (C=O) groups excluding carboxylic acids is 1. The van der Waals surface area contributed by atoms with Crippen molar-refractivity contribution >= 4 is 15.9 Å². The largest absolute Gasteiger partial charge is 0.343 e. The summed E-state index contributed by atoms with van der Waals surface area (Å²) in [5.41, 5.74) is 0.989. The smallest absolute Gasteiger partial charge is 0.240 e. The van der Waals surface area contributed by atoms with Crippen LogP contribution in [0.2, 0.25) is 0 Å². The Morgan fingerprint density at radius 2 is 1.75 bits per heavy atom. The highest BCUT2D eigenvalue weighted by molar-refractivity contribution is 7.89. The molecule has 0 bridgehead atoms. The summed E-state index contributed by atoms with van der Waals surface area (Å²) in [5.74, 6) is 0.463. The van der Waals surface area contributed by atoms with Crippen LogP contribution in [0.5, 0.6) is 0 Å². The average molecular weight is 353 g/mol. The summed E-state index contributed by atoms with van der Waals surface area (Å²) in [6.45, 7) is 6.10. The first-order valence-corrected chi connectivity index (χ1v) is 10.2. The number of nitrogens with one attached hydrogen (secondary N) is 1. The molecule has 1 N–H and O–H groups in total. The second-order valence-electron chi connectivity index (χ2n) is 6.83. The molecule has 1 aliphatic rings. The maximum Gasteiger partial charge on any atom is 0.240 e. The van der Waals surface area contributed by atoms with Crippen molar-refractivity contribution in [3.05, 3.63) is 29.8 Å². The Balaban J connectivity index is 1.88. The summed E-state index contributed by atoms with van der Waals surface area (Å²) < 4.78 is 26.9. The molecule has 0 radical (unpaired) electrons. The highest BCUT2D eigenvalue weighted by Crippen LogP contribution is 2.14. The van der Waals surface area contributed by atoms with E-state index in [1.807, 2.05) is 18.7 Å². The lowest BCUT2D eigenvalue weighted by Crippen LogP contribution is -2.35. The number of sulfonamides is 1. The van der Waals surface area contributed by atoms with Crippen LogP contribution >= 0.6 is 0 Å². The van der Waals surface area contributed by atoms with Gasteiger partial charge in [-0.05, 0) is 49.3 Å². The molecule has 0 unspecified atom stereocenters. The van der Waals surface area contributed by atoms with Gasteiger partial charge < -0.3 is 4.90 Å². The molecule has 5 nitrogen and oxygen atoms in total. The van der Waals surface area contributed by atoms with Crippen molar-refractivity contribution in [2.24, 2.45) is 5.92 Å². The van der Waals surface area contributed by atoms with Crippen LogP contribution in [0.15, 0.2) is 29.2 Å². The Morgan fingerprint density at radius 3 is 2.33 bits per heavy atom. The summed E-state index contributed by atoms with van der Waals surface area (Å²) in [4.78, 5) is 14.4. The zero-order chi connectivity index (χ0) is 17.6. The van der Waals surface area contributed by atoms with Gasteiger partial charge in [0.15, 0.2) is 0 Å². The van der Waals surface area contributed by atoms with Gasteiger partial charge >= 0.3 is 0 Å². The molecule has 1 heterocycles. The molecule has 6 heteroatoms. The van der Waals surface area contributed by atoms with E-state index >= 15 is 0 Å². The number of piperidine rings is 1. The van der Waals surface area contributed by atoms with E-state index in [9.17, 15) is 13.2 Å². The van der Waals surface area contributed by atoms with E-state index in [2.05, 4.69) is 4.72 Å². The number of amides is 1. The van der Waals surface area contributed by atoms with Gasteiger partial charge in [0.1, 0.15) is 0 Å². The molecule has 1 amide bonds. The van der Waals surface area contributed by atoms with Gasteiger partial charge in [-0.15, -0.1) is 0 Å². The van der Waals surface area contributed by atoms with Crippen LogP contribution in [-0.2, 0) is 21.2 Å². The maximum atomic E-state index is 12.2. The minimum absolute atomic E-state index is 0.199. The number of hydrogen-bond acceptors (Lipinski definition) is 3. The van der Waals surface area contributed by atoms with Crippen LogP contribution in [0, 0.1) is 5.92 Å². The van der Waals surface area contributed by atoms with E-state index < -0.39 is 10.0 Å². The third-order valence-corrected chi connectivity index (χ3v) is 5.69. The Labute approximate surface area is 145 Å². The standard InChI is InChI=1S/C18H28N2O3S/c1-15(2)14-19-24(22,23)17-9-6-16(7-10-17)8-11-18(21)20-12-4-3-5-13-20/h6-7,9-10,15,19H,3-5,8,11-14H2,1-2H3. The van der Waals surface area contributed by atoms with Crippen LogP contribution in [-0.4, -0.2) is 38.9 Å². The highest BCUT2D eigenvalue weighted by Gasteiger charge is 2.17. The predicted octanol–water partition coefficient (Wildman–Crippen LogP) is 2.57. The third-order valence-electron chi connectivity index (χ3n) is 4.25. The molecule has 0 aliphatic carbocycles.